The predicted octanol–water partition coefficient (Wildman–Crippen LogP) is 3.38. The number of rotatable bonds is 4. The zero-order valence-electron chi connectivity index (χ0n) is 11.6. The van der Waals surface area contributed by atoms with E-state index >= 15 is 0 Å². The largest absolute Gasteiger partial charge is 0.461 e. The van der Waals surface area contributed by atoms with Gasteiger partial charge in [0.05, 0.1) is 23.9 Å². The molecule has 0 saturated carbocycles. The first-order valence-electron chi connectivity index (χ1n) is 6.72. The number of hydrogen-bond acceptors (Lipinski definition) is 3. The van der Waals surface area contributed by atoms with Crippen molar-refractivity contribution >= 4 is 16.7 Å². The molecule has 0 bridgehead atoms. The highest BCUT2D eigenvalue weighted by atomic mass is 16.3. The molecular weight excluding hydrogens is 252 g/mol. The summed E-state index contributed by atoms with van der Waals surface area (Å²) in [5.74, 6) is 0.402. The van der Waals surface area contributed by atoms with Crippen LogP contribution in [0.25, 0.3) is 10.9 Å². The van der Waals surface area contributed by atoms with Gasteiger partial charge in [-0.3, -0.25) is 9.48 Å². The standard InChI is InChI=1S/C16H16N2O2/c1-3-18-14-7-5-4-6-12(14)13(17-18)10-15(19)16-11(2)8-9-20-16/h4-9H,3,10H2,1-2H3. The highest BCUT2D eigenvalue weighted by Crippen LogP contribution is 2.21. The van der Waals surface area contributed by atoms with Crippen LogP contribution in [0.4, 0.5) is 0 Å². The number of hydrogen-bond donors (Lipinski definition) is 0. The maximum atomic E-state index is 12.3. The van der Waals surface area contributed by atoms with Gasteiger partial charge in [-0.15, -0.1) is 0 Å². The number of fused-ring (bicyclic) bond motifs is 1. The Bertz CT molecular complexity index is 768. The molecule has 20 heavy (non-hydrogen) atoms. The fraction of sp³-hybridized carbons (Fsp3) is 0.250. The highest BCUT2D eigenvalue weighted by Gasteiger charge is 2.17. The van der Waals surface area contributed by atoms with Crippen molar-refractivity contribution in [1.29, 1.82) is 0 Å². The van der Waals surface area contributed by atoms with Crippen LogP contribution in [0.1, 0.15) is 28.7 Å². The molecule has 0 atom stereocenters. The number of carbonyl (C=O) groups excluding carboxylic acids is 1. The summed E-state index contributed by atoms with van der Waals surface area (Å²) < 4.78 is 7.18. The van der Waals surface area contributed by atoms with E-state index in [9.17, 15) is 4.79 Å². The average molecular weight is 268 g/mol. The maximum absolute atomic E-state index is 12.3. The molecule has 0 unspecified atom stereocenters. The molecule has 0 amide bonds. The third-order valence-electron chi connectivity index (χ3n) is 3.48. The van der Waals surface area contributed by atoms with E-state index in [1.54, 1.807) is 12.3 Å². The number of ketones is 1. The molecule has 0 fully saturated rings. The predicted molar refractivity (Wildman–Crippen MR) is 76.9 cm³/mol. The van der Waals surface area contributed by atoms with Crippen molar-refractivity contribution in [2.24, 2.45) is 0 Å². The van der Waals surface area contributed by atoms with Crippen LogP contribution in [0, 0.1) is 6.92 Å². The average Bonchev–Trinajstić information content (AvgIpc) is 3.03. The van der Waals surface area contributed by atoms with Crippen molar-refractivity contribution in [1.82, 2.24) is 9.78 Å². The molecule has 2 heterocycles. The molecule has 1 aromatic carbocycles. The lowest BCUT2D eigenvalue weighted by Crippen LogP contribution is -2.05. The second-order valence-electron chi connectivity index (χ2n) is 4.81. The van der Waals surface area contributed by atoms with Crippen molar-refractivity contribution in [3.05, 3.63) is 53.6 Å². The Morgan fingerprint density at radius 2 is 2.10 bits per heavy atom. The molecule has 0 aliphatic heterocycles. The number of aryl methyl sites for hydroxylation is 2. The van der Waals surface area contributed by atoms with E-state index in [2.05, 4.69) is 5.10 Å². The minimum absolute atomic E-state index is 0.0287. The van der Waals surface area contributed by atoms with E-state index in [-0.39, 0.29) is 12.2 Å². The summed E-state index contributed by atoms with van der Waals surface area (Å²) in [7, 11) is 0. The molecule has 3 rings (SSSR count). The highest BCUT2D eigenvalue weighted by molar-refractivity contribution is 5.98. The summed E-state index contributed by atoms with van der Waals surface area (Å²) in [6.45, 7) is 4.70. The van der Waals surface area contributed by atoms with E-state index in [1.807, 2.05) is 42.8 Å². The van der Waals surface area contributed by atoms with Crippen LogP contribution in [-0.2, 0) is 13.0 Å². The topological polar surface area (TPSA) is 48.0 Å². The molecule has 0 spiro atoms. The Balaban J connectivity index is 1.99. The summed E-state index contributed by atoms with van der Waals surface area (Å²) in [5.41, 5.74) is 2.74. The second kappa shape index (κ2) is 4.96. The first kappa shape index (κ1) is 12.7. The Kier molecular flexibility index (Phi) is 3.14. The van der Waals surface area contributed by atoms with Gasteiger partial charge >= 0.3 is 0 Å². The number of nitrogens with zero attached hydrogens (tertiary/aromatic N) is 2. The summed E-state index contributed by atoms with van der Waals surface area (Å²) in [4.78, 5) is 12.3. The summed E-state index contributed by atoms with van der Waals surface area (Å²) >= 11 is 0. The SMILES string of the molecule is CCn1nc(CC(=O)c2occc2C)c2ccccc21. The Labute approximate surface area is 117 Å². The number of carbonyl (C=O) groups is 1. The van der Waals surface area contributed by atoms with Gasteiger partial charge in [-0.05, 0) is 31.5 Å². The smallest absolute Gasteiger partial charge is 0.204 e. The van der Waals surface area contributed by atoms with Crippen LogP contribution in [0.5, 0.6) is 0 Å². The van der Waals surface area contributed by atoms with E-state index in [0.717, 1.165) is 28.7 Å². The van der Waals surface area contributed by atoms with E-state index < -0.39 is 0 Å². The van der Waals surface area contributed by atoms with Gasteiger partial charge in [-0.1, -0.05) is 18.2 Å². The van der Waals surface area contributed by atoms with E-state index in [0.29, 0.717) is 5.76 Å². The van der Waals surface area contributed by atoms with Crippen LogP contribution in [0.2, 0.25) is 0 Å². The van der Waals surface area contributed by atoms with Crippen molar-refractivity contribution in [3.63, 3.8) is 0 Å². The van der Waals surface area contributed by atoms with Gasteiger partial charge in [0.1, 0.15) is 0 Å². The zero-order valence-corrected chi connectivity index (χ0v) is 11.6. The zero-order chi connectivity index (χ0) is 14.1. The quantitative estimate of drug-likeness (QED) is 0.681. The normalized spacial score (nSPS) is 11.1. The molecule has 0 N–H and O–H groups in total. The number of aromatic nitrogens is 2. The molecule has 0 aliphatic rings. The molecule has 0 aliphatic carbocycles. The molecule has 0 radical (unpaired) electrons. The van der Waals surface area contributed by atoms with Gasteiger partial charge in [0, 0.05) is 11.9 Å². The van der Waals surface area contributed by atoms with Gasteiger partial charge in [0.25, 0.3) is 0 Å². The minimum Gasteiger partial charge on any atom is -0.461 e. The van der Waals surface area contributed by atoms with Crippen LogP contribution < -0.4 is 0 Å². The number of Topliss-reactive ketones (excluding diaryl/α,β-unsaturated/α-hetero) is 1. The minimum atomic E-state index is -0.0287. The van der Waals surface area contributed by atoms with Crippen LogP contribution >= 0.6 is 0 Å². The first-order valence-corrected chi connectivity index (χ1v) is 6.72. The lowest BCUT2D eigenvalue weighted by atomic mass is 10.1. The van der Waals surface area contributed by atoms with Crippen molar-refractivity contribution in [3.8, 4) is 0 Å². The van der Waals surface area contributed by atoms with Crippen LogP contribution in [0.3, 0.4) is 0 Å². The van der Waals surface area contributed by atoms with E-state index in [4.69, 9.17) is 4.42 Å². The Morgan fingerprint density at radius 3 is 2.80 bits per heavy atom. The third-order valence-corrected chi connectivity index (χ3v) is 3.48. The number of benzene rings is 1. The van der Waals surface area contributed by atoms with Crippen molar-refractivity contribution in [2.45, 2.75) is 26.8 Å². The third kappa shape index (κ3) is 2.03. The van der Waals surface area contributed by atoms with Crippen LogP contribution in [-0.4, -0.2) is 15.6 Å². The fourth-order valence-electron chi connectivity index (χ4n) is 2.46. The van der Waals surface area contributed by atoms with Gasteiger partial charge in [-0.25, -0.2) is 0 Å². The maximum Gasteiger partial charge on any atom is 0.204 e. The second-order valence-corrected chi connectivity index (χ2v) is 4.81. The number of furan rings is 1. The summed E-state index contributed by atoms with van der Waals surface area (Å²) in [5, 5.41) is 5.58. The monoisotopic (exact) mass is 268 g/mol. The lowest BCUT2D eigenvalue weighted by Gasteiger charge is -1.97. The Morgan fingerprint density at radius 1 is 1.30 bits per heavy atom. The summed E-state index contributed by atoms with van der Waals surface area (Å²) in [6, 6.07) is 9.79. The molecule has 3 aromatic rings. The molecular formula is C16H16N2O2. The fourth-order valence-corrected chi connectivity index (χ4v) is 2.46. The lowest BCUT2D eigenvalue weighted by molar-refractivity contribution is 0.0964. The van der Waals surface area contributed by atoms with Gasteiger partial charge in [0.2, 0.25) is 5.78 Å². The van der Waals surface area contributed by atoms with Gasteiger partial charge in [0.15, 0.2) is 5.76 Å². The van der Waals surface area contributed by atoms with Gasteiger partial charge in [-0.2, -0.15) is 5.10 Å². The number of para-hydroxylation sites is 1. The van der Waals surface area contributed by atoms with Crippen molar-refractivity contribution in [2.75, 3.05) is 0 Å². The molecule has 2 aromatic heterocycles. The molecule has 4 nitrogen and oxygen atoms in total. The van der Waals surface area contributed by atoms with E-state index in [1.165, 1.54) is 0 Å². The van der Waals surface area contributed by atoms with Crippen LogP contribution in [0.15, 0.2) is 41.0 Å². The first-order chi connectivity index (χ1) is 9.70. The molecule has 0 saturated heterocycles. The Hall–Kier alpha value is -2.36. The van der Waals surface area contributed by atoms with Gasteiger partial charge < -0.3 is 4.42 Å². The molecule has 4 heteroatoms. The van der Waals surface area contributed by atoms with Crippen molar-refractivity contribution < 1.29 is 9.21 Å². The molecule has 102 valence electrons. The summed E-state index contributed by atoms with van der Waals surface area (Å²) in [6.07, 6.45) is 1.81.